The number of rotatable bonds is 3. The van der Waals surface area contributed by atoms with Gasteiger partial charge in [0.25, 0.3) is 0 Å². The van der Waals surface area contributed by atoms with Crippen molar-refractivity contribution in [2.45, 2.75) is 44.6 Å². The van der Waals surface area contributed by atoms with E-state index in [2.05, 4.69) is 15.5 Å². The summed E-state index contributed by atoms with van der Waals surface area (Å²) in [7, 11) is 0. The third-order valence-corrected chi connectivity index (χ3v) is 2.98. The fourth-order valence-electron chi connectivity index (χ4n) is 2.13. The number of nitrogens with one attached hydrogen (secondary N) is 1. The van der Waals surface area contributed by atoms with Gasteiger partial charge in [-0.3, -0.25) is 4.79 Å². The standard InChI is InChI=1S/C12H17N3O/c16-12(8-10-6-7-13-14-9-10)15-11-4-2-1-3-5-11/h6-7,9,11H,1-5,8H2,(H,15,16). The molecule has 1 aliphatic rings. The van der Waals surface area contributed by atoms with Crippen molar-refractivity contribution in [2.24, 2.45) is 0 Å². The van der Waals surface area contributed by atoms with Crippen LogP contribution in [0.3, 0.4) is 0 Å². The maximum atomic E-state index is 11.7. The van der Waals surface area contributed by atoms with Crippen LogP contribution in [0, 0.1) is 0 Å². The molecule has 4 nitrogen and oxygen atoms in total. The Labute approximate surface area is 95.5 Å². The summed E-state index contributed by atoms with van der Waals surface area (Å²) in [6.45, 7) is 0. The second-order valence-corrected chi connectivity index (χ2v) is 4.33. The van der Waals surface area contributed by atoms with Crippen molar-refractivity contribution < 1.29 is 4.79 Å². The first-order valence-corrected chi connectivity index (χ1v) is 5.89. The summed E-state index contributed by atoms with van der Waals surface area (Å²) in [6, 6.07) is 2.21. The topological polar surface area (TPSA) is 54.9 Å². The van der Waals surface area contributed by atoms with E-state index in [4.69, 9.17) is 0 Å². The van der Waals surface area contributed by atoms with Crippen LogP contribution in [0.1, 0.15) is 37.7 Å². The van der Waals surface area contributed by atoms with Crippen LogP contribution in [0.2, 0.25) is 0 Å². The summed E-state index contributed by atoms with van der Waals surface area (Å²) in [5, 5.41) is 10.5. The van der Waals surface area contributed by atoms with Crippen molar-refractivity contribution in [3.05, 3.63) is 24.0 Å². The summed E-state index contributed by atoms with van der Waals surface area (Å²) >= 11 is 0. The lowest BCUT2D eigenvalue weighted by atomic mass is 9.95. The van der Waals surface area contributed by atoms with Gasteiger partial charge in [0.15, 0.2) is 0 Å². The molecule has 1 N–H and O–H groups in total. The van der Waals surface area contributed by atoms with Gasteiger partial charge in [-0.15, -0.1) is 0 Å². The van der Waals surface area contributed by atoms with Crippen LogP contribution in [-0.2, 0) is 11.2 Å². The molecule has 0 radical (unpaired) electrons. The minimum absolute atomic E-state index is 0.0971. The van der Waals surface area contributed by atoms with Crippen molar-refractivity contribution in [2.75, 3.05) is 0 Å². The summed E-state index contributed by atoms with van der Waals surface area (Å²) in [4.78, 5) is 11.7. The number of hydrogen-bond donors (Lipinski definition) is 1. The molecule has 1 fully saturated rings. The van der Waals surface area contributed by atoms with Crippen LogP contribution in [0.5, 0.6) is 0 Å². The van der Waals surface area contributed by atoms with Crippen LogP contribution in [-0.4, -0.2) is 22.1 Å². The Bertz CT molecular complexity index is 333. The molecule has 0 aromatic carbocycles. The Balaban J connectivity index is 1.80. The van der Waals surface area contributed by atoms with E-state index in [0.717, 1.165) is 18.4 Å². The molecule has 0 bridgehead atoms. The second-order valence-electron chi connectivity index (χ2n) is 4.33. The Morgan fingerprint density at radius 1 is 1.31 bits per heavy atom. The van der Waals surface area contributed by atoms with Gasteiger partial charge in [-0.05, 0) is 24.5 Å². The van der Waals surface area contributed by atoms with Gasteiger partial charge < -0.3 is 5.32 Å². The lowest BCUT2D eigenvalue weighted by Crippen LogP contribution is -2.37. The predicted octanol–water partition coefficient (Wildman–Crippen LogP) is 1.47. The number of amides is 1. The van der Waals surface area contributed by atoms with E-state index in [1.165, 1.54) is 19.3 Å². The van der Waals surface area contributed by atoms with Gasteiger partial charge in [-0.2, -0.15) is 10.2 Å². The molecular formula is C12H17N3O. The zero-order valence-electron chi connectivity index (χ0n) is 9.35. The highest BCUT2D eigenvalue weighted by Gasteiger charge is 2.15. The number of carbonyl (C=O) groups excluding carboxylic acids is 1. The van der Waals surface area contributed by atoms with Crippen molar-refractivity contribution in [1.82, 2.24) is 15.5 Å². The highest BCUT2D eigenvalue weighted by Crippen LogP contribution is 2.17. The molecule has 0 unspecified atom stereocenters. The van der Waals surface area contributed by atoms with Crippen LogP contribution in [0.4, 0.5) is 0 Å². The lowest BCUT2D eigenvalue weighted by molar-refractivity contribution is -0.121. The van der Waals surface area contributed by atoms with E-state index in [1.807, 2.05) is 6.07 Å². The SMILES string of the molecule is O=C(Cc1ccnnc1)NC1CCCCC1. The van der Waals surface area contributed by atoms with Crippen molar-refractivity contribution >= 4 is 5.91 Å². The van der Waals surface area contributed by atoms with E-state index in [0.29, 0.717) is 12.5 Å². The van der Waals surface area contributed by atoms with Gasteiger partial charge in [-0.1, -0.05) is 19.3 Å². The van der Waals surface area contributed by atoms with E-state index < -0.39 is 0 Å². The molecule has 2 rings (SSSR count). The predicted molar refractivity (Wildman–Crippen MR) is 60.8 cm³/mol. The zero-order chi connectivity index (χ0) is 11.2. The van der Waals surface area contributed by atoms with Crippen LogP contribution < -0.4 is 5.32 Å². The fourth-order valence-corrected chi connectivity index (χ4v) is 2.13. The van der Waals surface area contributed by atoms with Gasteiger partial charge in [0.2, 0.25) is 5.91 Å². The molecule has 16 heavy (non-hydrogen) atoms. The molecule has 0 spiro atoms. The zero-order valence-corrected chi connectivity index (χ0v) is 9.35. The van der Waals surface area contributed by atoms with Gasteiger partial charge in [-0.25, -0.2) is 0 Å². The first-order chi connectivity index (χ1) is 7.84. The van der Waals surface area contributed by atoms with E-state index in [-0.39, 0.29) is 5.91 Å². The number of carbonyl (C=O) groups is 1. The molecule has 1 amide bonds. The lowest BCUT2D eigenvalue weighted by Gasteiger charge is -2.22. The first kappa shape index (κ1) is 11.0. The van der Waals surface area contributed by atoms with E-state index >= 15 is 0 Å². The van der Waals surface area contributed by atoms with Crippen molar-refractivity contribution in [3.8, 4) is 0 Å². The molecule has 1 aromatic rings. The van der Waals surface area contributed by atoms with Gasteiger partial charge in [0, 0.05) is 12.2 Å². The fraction of sp³-hybridized carbons (Fsp3) is 0.583. The minimum atomic E-state index is 0.0971. The van der Waals surface area contributed by atoms with Crippen LogP contribution in [0.25, 0.3) is 0 Å². The number of aromatic nitrogens is 2. The average molecular weight is 219 g/mol. The molecule has 86 valence electrons. The second kappa shape index (κ2) is 5.58. The van der Waals surface area contributed by atoms with Crippen LogP contribution in [0.15, 0.2) is 18.5 Å². The Morgan fingerprint density at radius 2 is 2.12 bits per heavy atom. The quantitative estimate of drug-likeness (QED) is 0.837. The maximum Gasteiger partial charge on any atom is 0.224 e. The normalized spacial score (nSPS) is 17.0. The summed E-state index contributed by atoms with van der Waals surface area (Å²) < 4.78 is 0. The number of nitrogens with zero attached hydrogens (tertiary/aromatic N) is 2. The molecule has 1 heterocycles. The molecule has 0 atom stereocenters. The molecule has 0 saturated heterocycles. The van der Waals surface area contributed by atoms with Gasteiger partial charge >= 0.3 is 0 Å². The summed E-state index contributed by atoms with van der Waals surface area (Å²) in [5.74, 6) is 0.0971. The Kier molecular flexibility index (Phi) is 3.86. The summed E-state index contributed by atoms with van der Waals surface area (Å²) in [5.41, 5.74) is 0.920. The number of hydrogen-bond acceptors (Lipinski definition) is 3. The van der Waals surface area contributed by atoms with Gasteiger partial charge in [0.1, 0.15) is 0 Å². The Hall–Kier alpha value is -1.45. The molecule has 4 heteroatoms. The monoisotopic (exact) mass is 219 g/mol. The largest absolute Gasteiger partial charge is 0.353 e. The third kappa shape index (κ3) is 3.29. The smallest absolute Gasteiger partial charge is 0.224 e. The molecule has 1 saturated carbocycles. The average Bonchev–Trinajstić information content (AvgIpc) is 2.31. The maximum absolute atomic E-state index is 11.7. The molecule has 1 aliphatic carbocycles. The molecule has 0 aliphatic heterocycles. The highest BCUT2D eigenvalue weighted by atomic mass is 16.1. The molecule has 1 aromatic heterocycles. The third-order valence-electron chi connectivity index (χ3n) is 2.98. The summed E-state index contributed by atoms with van der Waals surface area (Å²) in [6.07, 6.45) is 9.69. The minimum Gasteiger partial charge on any atom is -0.353 e. The Morgan fingerprint density at radius 3 is 2.81 bits per heavy atom. The highest BCUT2D eigenvalue weighted by molar-refractivity contribution is 5.78. The van der Waals surface area contributed by atoms with Crippen LogP contribution >= 0.6 is 0 Å². The van der Waals surface area contributed by atoms with E-state index in [1.54, 1.807) is 12.4 Å². The molecular weight excluding hydrogens is 202 g/mol. The van der Waals surface area contributed by atoms with Crippen molar-refractivity contribution in [1.29, 1.82) is 0 Å². The van der Waals surface area contributed by atoms with E-state index in [9.17, 15) is 4.79 Å². The van der Waals surface area contributed by atoms with Crippen molar-refractivity contribution in [3.63, 3.8) is 0 Å². The first-order valence-electron chi connectivity index (χ1n) is 5.89. The van der Waals surface area contributed by atoms with Gasteiger partial charge in [0.05, 0.1) is 12.6 Å².